The van der Waals surface area contributed by atoms with Crippen LogP contribution in [0.15, 0.2) is 42.5 Å². The Balaban J connectivity index is 2.24. The fourth-order valence-electron chi connectivity index (χ4n) is 2.06. The minimum absolute atomic E-state index is 0.498. The highest BCUT2D eigenvalue weighted by Gasteiger charge is 2.03. The second-order valence-electron chi connectivity index (χ2n) is 4.65. The first-order valence-corrected chi connectivity index (χ1v) is 6.96. The van der Waals surface area contributed by atoms with Crippen molar-refractivity contribution in [1.29, 1.82) is 0 Å². The maximum Gasteiger partial charge on any atom is 0.151 e. The lowest BCUT2D eigenvalue weighted by Crippen LogP contribution is -1.87. The van der Waals surface area contributed by atoms with Crippen LogP contribution >= 0.6 is 11.6 Å². The molecule has 2 aromatic carbocycles. The highest BCUT2D eigenvalue weighted by molar-refractivity contribution is 6.33. The number of aldehydes is 1. The topological polar surface area (TPSA) is 17.1 Å². The van der Waals surface area contributed by atoms with Crippen molar-refractivity contribution in [2.24, 2.45) is 0 Å². The van der Waals surface area contributed by atoms with Gasteiger partial charge in [-0.05, 0) is 41.7 Å². The molecule has 19 heavy (non-hydrogen) atoms. The van der Waals surface area contributed by atoms with Crippen LogP contribution in [0.4, 0.5) is 0 Å². The second-order valence-corrected chi connectivity index (χ2v) is 5.06. The van der Waals surface area contributed by atoms with Crippen molar-refractivity contribution in [1.82, 2.24) is 0 Å². The normalized spacial score (nSPS) is 10.4. The van der Waals surface area contributed by atoms with Gasteiger partial charge in [0.05, 0.1) is 5.02 Å². The zero-order chi connectivity index (χ0) is 13.7. The first kappa shape index (κ1) is 13.8. The Hall–Kier alpha value is -1.60. The molecule has 0 saturated heterocycles. The summed E-state index contributed by atoms with van der Waals surface area (Å²) in [7, 11) is 0. The van der Waals surface area contributed by atoms with Crippen LogP contribution in [0.25, 0.3) is 11.1 Å². The van der Waals surface area contributed by atoms with E-state index in [-0.39, 0.29) is 0 Å². The molecule has 2 aromatic rings. The SMILES string of the molecule is CCCCc1ccc(-c2ccc(Cl)c(C=O)c2)cc1. The largest absolute Gasteiger partial charge is 0.298 e. The minimum atomic E-state index is 0.498. The van der Waals surface area contributed by atoms with Gasteiger partial charge in [-0.1, -0.05) is 55.3 Å². The summed E-state index contributed by atoms with van der Waals surface area (Å²) >= 11 is 5.93. The molecule has 0 aromatic heterocycles. The van der Waals surface area contributed by atoms with Crippen LogP contribution in [0.2, 0.25) is 5.02 Å². The van der Waals surface area contributed by atoms with Crippen LogP contribution in [0, 0.1) is 0 Å². The first-order chi connectivity index (χ1) is 9.24. The maximum atomic E-state index is 10.9. The van der Waals surface area contributed by atoms with Gasteiger partial charge in [0, 0.05) is 5.56 Å². The fraction of sp³-hybridized carbons (Fsp3) is 0.235. The number of aryl methyl sites for hydroxylation is 1. The van der Waals surface area contributed by atoms with Gasteiger partial charge >= 0.3 is 0 Å². The Kier molecular flexibility index (Phi) is 4.75. The predicted molar refractivity (Wildman–Crippen MR) is 80.9 cm³/mol. The molecule has 0 bridgehead atoms. The summed E-state index contributed by atoms with van der Waals surface area (Å²) in [4.78, 5) is 10.9. The number of hydrogen-bond donors (Lipinski definition) is 0. The van der Waals surface area contributed by atoms with Gasteiger partial charge in [0.2, 0.25) is 0 Å². The van der Waals surface area contributed by atoms with Crippen LogP contribution in [-0.4, -0.2) is 6.29 Å². The van der Waals surface area contributed by atoms with E-state index in [1.165, 1.54) is 18.4 Å². The van der Waals surface area contributed by atoms with Crippen molar-refractivity contribution >= 4 is 17.9 Å². The molecule has 2 heteroatoms. The van der Waals surface area contributed by atoms with Gasteiger partial charge in [0.15, 0.2) is 6.29 Å². The summed E-state index contributed by atoms with van der Waals surface area (Å²) in [5, 5.41) is 0.498. The van der Waals surface area contributed by atoms with E-state index in [1.807, 2.05) is 12.1 Å². The molecule has 0 atom stereocenters. The van der Waals surface area contributed by atoms with E-state index in [2.05, 4.69) is 31.2 Å². The molecular formula is C17H17ClO. The number of rotatable bonds is 5. The quantitative estimate of drug-likeness (QED) is 0.687. The molecule has 0 fully saturated rings. The highest BCUT2D eigenvalue weighted by Crippen LogP contribution is 2.25. The van der Waals surface area contributed by atoms with Crippen molar-refractivity contribution in [2.75, 3.05) is 0 Å². The van der Waals surface area contributed by atoms with Gasteiger partial charge in [0.1, 0.15) is 0 Å². The Morgan fingerprint density at radius 3 is 2.37 bits per heavy atom. The molecule has 0 aliphatic rings. The molecule has 98 valence electrons. The van der Waals surface area contributed by atoms with Crippen LogP contribution in [0.5, 0.6) is 0 Å². The molecular weight excluding hydrogens is 256 g/mol. The van der Waals surface area contributed by atoms with E-state index in [4.69, 9.17) is 11.6 Å². The molecule has 0 radical (unpaired) electrons. The zero-order valence-corrected chi connectivity index (χ0v) is 11.8. The van der Waals surface area contributed by atoms with Crippen molar-refractivity contribution in [2.45, 2.75) is 26.2 Å². The smallest absolute Gasteiger partial charge is 0.151 e. The average molecular weight is 273 g/mol. The van der Waals surface area contributed by atoms with Crippen LogP contribution in [-0.2, 0) is 6.42 Å². The van der Waals surface area contributed by atoms with E-state index in [0.29, 0.717) is 10.6 Å². The molecule has 1 nitrogen and oxygen atoms in total. The third-order valence-electron chi connectivity index (χ3n) is 3.23. The molecule has 0 unspecified atom stereocenters. The number of unbranched alkanes of at least 4 members (excludes halogenated alkanes) is 1. The fourth-order valence-corrected chi connectivity index (χ4v) is 2.22. The Bertz CT molecular complexity index is 558. The molecule has 0 aliphatic heterocycles. The second kappa shape index (κ2) is 6.53. The van der Waals surface area contributed by atoms with E-state index in [1.54, 1.807) is 6.07 Å². The average Bonchev–Trinajstić information content (AvgIpc) is 2.46. The Morgan fingerprint density at radius 2 is 1.74 bits per heavy atom. The summed E-state index contributed by atoms with van der Waals surface area (Å²) in [6.07, 6.45) is 4.34. The van der Waals surface area contributed by atoms with Crippen LogP contribution < -0.4 is 0 Å². The molecule has 0 amide bonds. The van der Waals surface area contributed by atoms with Crippen molar-refractivity contribution in [3.63, 3.8) is 0 Å². The van der Waals surface area contributed by atoms with Crippen molar-refractivity contribution in [3.8, 4) is 11.1 Å². The number of carbonyl (C=O) groups is 1. The van der Waals surface area contributed by atoms with Gasteiger partial charge in [-0.3, -0.25) is 4.79 Å². The van der Waals surface area contributed by atoms with Crippen molar-refractivity contribution < 1.29 is 4.79 Å². The van der Waals surface area contributed by atoms with Crippen LogP contribution in [0.3, 0.4) is 0 Å². The van der Waals surface area contributed by atoms with Gasteiger partial charge in [-0.25, -0.2) is 0 Å². The Morgan fingerprint density at radius 1 is 1.05 bits per heavy atom. The lowest BCUT2D eigenvalue weighted by molar-refractivity contribution is 0.112. The number of carbonyl (C=O) groups excluding carboxylic acids is 1. The molecule has 0 spiro atoms. The summed E-state index contributed by atoms with van der Waals surface area (Å²) in [5.41, 5.74) is 4.03. The highest BCUT2D eigenvalue weighted by atomic mass is 35.5. The van der Waals surface area contributed by atoms with Gasteiger partial charge in [-0.15, -0.1) is 0 Å². The third-order valence-corrected chi connectivity index (χ3v) is 3.57. The van der Waals surface area contributed by atoms with E-state index >= 15 is 0 Å². The number of halogens is 1. The first-order valence-electron chi connectivity index (χ1n) is 6.58. The molecule has 0 N–H and O–H groups in total. The standard InChI is InChI=1S/C17H17ClO/c1-2-3-4-13-5-7-14(8-6-13)15-9-10-17(18)16(11-15)12-19/h5-12H,2-4H2,1H3. The summed E-state index contributed by atoms with van der Waals surface area (Å²) in [6.45, 7) is 2.20. The monoisotopic (exact) mass is 272 g/mol. The van der Waals surface area contributed by atoms with E-state index < -0.39 is 0 Å². The summed E-state index contributed by atoms with van der Waals surface area (Å²) in [5.74, 6) is 0. The summed E-state index contributed by atoms with van der Waals surface area (Å²) in [6, 6.07) is 14.0. The summed E-state index contributed by atoms with van der Waals surface area (Å²) < 4.78 is 0. The maximum absolute atomic E-state index is 10.9. The van der Waals surface area contributed by atoms with Crippen LogP contribution in [0.1, 0.15) is 35.7 Å². The predicted octanol–water partition coefficient (Wildman–Crippen LogP) is 5.16. The third kappa shape index (κ3) is 3.45. The minimum Gasteiger partial charge on any atom is -0.298 e. The molecule has 0 saturated carbocycles. The van der Waals surface area contributed by atoms with Gasteiger partial charge < -0.3 is 0 Å². The lowest BCUT2D eigenvalue weighted by Gasteiger charge is -2.06. The van der Waals surface area contributed by atoms with E-state index in [0.717, 1.165) is 23.8 Å². The molecule has 2 rings (SSSR count). The lowest BCUT2D eigenvalue weighted by atomic mass is 10.0. The molecule has 0 aliphatic carbocycles. The molecule has 0 heterocycles. The van der Waals surface area contributed by atoms with Crippen molar-refractivity contribution in [3.05, 3.63) is 58.6 Å². The number of hydrogen-bond acceptors (Lipinski definition) is 1. The zero-order valence-electron chi connectivity index (χ0n) is 11.0. The van der Waals surface area contributed by atoms with Gasteiger partial charge in [0.25, 0.3) is 0 Å². The van der Waals surface area contributed by atoms with Gasteiger partial charge in [-0.2, -0.15) is 0 Å². The number of benzene rings is 2. The Labute approximate surface area is 119 Å². The van der Waals surface area contributed by atoms with E-state index in [9.17, 15) is 4.79 Å².